The molecular formula is C30H25Cl2NO4S. The number of carbonyl (C=O) groups is 1. The molecule has 0 N–H and O–H groups in total. The third kappa shape index (κ3) is 5.30. The van der Waals surface area contributed by atoms with Crippen molar-refractivity contribution >= 4 is 50.6 Å². The van der Waals surface area contributed by atoms with Crippen molar-refractivity contribution in [3.05, 3.63) is 93.7 Å². The molecule has 5 rings (SSSR count). The molecular weight excluding hydrogens is 541 g/mol. The number of esters is 1. The summed E-state index contributed by atoms with van der Waals surface area (Å²) in [5, 5.41) is 6.38. The molecule has 0 bridgehead atoms. The Morgan fingerprint density at radius 1 is 1.03 bits per heavy atom. The van der Waals surface area contributed by atoms with Crippen LogP contribution in [0.4, 0.5) is 0 Å². The average molecular weight is 567 g/mol. The highest BCUT2D eigenvalue weighted by molar-refractivity contribution is 7.22. The van der Waals surface area contributed by atoms with E-state index in [1.54, 1.807) is 48.6 Å². The molecule has 194 valence electrons. The Morgan fingerprint density at radius 2 is 1.76 bits per heavy atom. The first-order chi connectivity index (χ1) is 18.4. The zero-order valence-corrected chi connectivity index (χ0v) is 23.4. The van der Waals surface area contributed by atoms with Gasteiger partial charge in [-0.15, -0.1) is 11.3 Å². The molecule has 0 amide bonds. The van der Waals surface area contributed by atoms with Crippen molar-refractivity contribution in [1.29, 1.82) is 0 Å². The largest absolute Gasteiger partial charge is 0.489 e. The normalized spacial score (nSPS) is 11.3. The molecule has 2 aromatic heterocycles. The third-order valence-corrected chi connectivity index (χ3v) is 7.89. The number of ether oxygens (including phenoxy) is 2. The molecule has 2 heterocycles. The minimum atomic E-state index is -0.314. The SMILES string of the molecule is CCOC(=O)c1ccc(-c2cc3cc(OCc4c(-c5c(Cl)cccc5Cl)noc4C(C)C)ccc3s2)cc1. The van der Waals surface area contributed by atoms with E-state index in [0.717, 1.165) is 37.6 Å². The van der Waals surface area contributed by atoms with Gasteiger partial charge >= 0.3 is 5.97 Å². The zero-order valence-electron chi connectivity index (χ0n) is 21.1. The van der Waals surface area contributed by atoms with Gasteiger partial charge in [-0.05, 0) is 66.4 Å². The molecule has 0 aliphatic heterocycles. The Bertz CT molecular complexity index is 1580. The topological polar surface area (TPSA) is 61.6 Å². The lowest BCUT2D eigenvalue weighted by Gasteiger charge is -2.11. The highest BCUT2D eigenvalue weighted by atomic mass is 35.5. The monoisotopic (exact) mass is 565 g/mol. The van der Waals surface area contributed by atoms with Gasteiger partial charge in [0.25, 0.3) is 0 Å². The molecule has 0 radical (unpaired) electrons. The van der Waals surface area contributed by atoms with Gasteiger partial charge < -0.3 is 14.0 Å². The van der Waals surface area contributed by atoms with Gasteiger partial charge in [-0.3, -0.25) is 0 Å². The maximum atomic E-state index is 12.0. The van der Waals surface area contributed by atoms with Gasteiger partial charge in [0.05, 0.1) is 27.8 Å². The smallest absolute Gasteiger partial charge is 0.338 e. The molecule has 0 saturated heterocycles. The molecule has 5 aromatic rings. The molecule has 0 aliphatic rings. The van der Waals surface area contributed by atoms with Crippen molar-refractivity contribution in [1.82, 2.24) is 5.16 Å². The molecule has 0 unspecified atom stereocenters. The van der Waals surface area contributed by atoms with Crippen LogP contribution < -0.4 is 4.74 Å². The number of benzene rings is 3. The minimum absolute atomic E-state index is 0.105. The fourth-order valence-corrected chi connectivity index (χ4v) is 5.85. The first kappa shape index (κ1) is 26.3. The van der Waals surface area contributed by atoms with Crippen molar-refractivity contribution in [2.45, 2.75) is 33.3 Å². The van der Waals surface area contributed by atoms with Crippen LogP contribution in [0.25, 0.3) is 31.8 Å². The lowest BCUT2D eigenvalue weighted by Crippen LogP contribution is -2.03. The average Bonchev–Trinajstić information content (AvgIpc) is 3.52. The Morgan fingerprint density at radius 3 is 2.45 bits per heavy atom. The van der Waals surface area contributed by atoms with Crippen molar-refractivity contribution < 1.29 is 18.8 Å². The van der Waals surface area contributed by atoms with Crippen LogP contribution >= 0.6 is 34.5 Å². The van der Waals surface area contributed by atoms with E-state index in [-0.39, 0.29) is 18.5 Å². The second-order valence-corrected chi connectivity index (χ2v) is 10.9. The van der Waals surface area contributed by atoms with Crippen molar-refractivity contribution in [3.63, 3.8) is 0 Å². The van der Waals surface area contributed by atoms with E-state index in [2.05, 4.69) is 17.3 Å². The number of carbonyl (C=O) groups excluding carboxylic acids is 1. The molecule has 0 saturated carbocycles. The highest BCUT2D eigenvalue weighted by Crippen LogP contribution is 2.39. The van der Waals surface area contributed by atoms with Gasteiger partial charge in [0.2, 0.25) is 0 Å². The Labute approximate surface area is 234 Å². The first-order valence-corrected chi connectivity index (χ1v) is 13.8. The molecule has 0 aliphatic carbocycles. The summed E-state index contributed by atoms with van der Waals surface area (Å²) in [6, 6.07) is 21.0. The van der Waals surface area contributed by atoms with Crippen molar-refractivity contribution in [2.24, 2.45) is 0 Å². The fraction of sp³-hybridized carbons (Fsp3) is 0.200. The lowest BCUT2D eigenvalue weighted by molar-refractivity contribution is 0.0526. The first-order valence-electron chi connectivity index (χ1n) is 12.2. The number of nitrogens with zero attached hydrogens (tertiary/aromatic N) is 1. The van der Waals surface area contributed by atoms with Crippen LogP contribution in [0.5, 0.6) is 5.75 Å². The van der Waals surface area contributed by atoms with E-state index >= 15 is 0 Å². The van der Waals surface area contributed by atoms with E-state index in [1.165, 1.54) is 0 Å². The quantitative estimate of drug-likeness (QED) is 0.175. The summed E-state index contributed by atoms with van der Waals surface area (Å²) in [4.78, 5) is 13.1. The molecule has 3 aromatic carbocycles. The summed E-state index contributed by atoms with van der Waals surface area (Å²) >= 11 is 14.6. The van der Waals surface area contributed by atoms with E-state index in [9.17, 15) is 4.79 Å². The maximum Gasteiger partial charge on any atom is 0.338 e. The van der Waals surface area contributed by atoms with E-state index in [0.29, 0.717) is 33.5 Å². The fourth-order valence-electron chi connectivity index (χ4n) is 4.23. The number of aromatic nitrogens is 1. The summed E-state index contributed by atoms with van der Waals surface area (Å²) in [5.74, 6) is 1.26. The predicted molar refractivity (Wildman–Crippen MR) is 154 cm³/mol. The predicted octanol–water partition coefficient (Wildman–Crippen LogP) is 9.41. The van der Waals surface area contributed by atoms with Crippen LogP contribution in [0.15, 0.2) is 71.3 Å². The molecule has 0 atom stereocenters. The second-order valence-electron chi connectivity index (χ2n) is 9.02. The molecule has 0 spiro atoms. The Balaban J connectivity index is 1.40. The summed E-state index contributed by atoms with van der Waals surface area (Å²) in [5.41, 5.74) is 3.63. The number of fused-ring (bicyclic) bond motifs is 1. The molecule has 5 nitrogen and oxygen atoms in total. The van der Waals surface area contributed by atoms with Gasteiger partial charge in [0.1, 0.15) is 23.8 Å². The van der Waals surface area contributed by atoms with Crippen LogP contribution in [-0.2, 0) is 11.3 Å². The minimum Gasteiger partial charge on any atom is -0.489 e. The standard InChI is InChI=1S/C30H25Cl2NO4S/c1-4-35-30(34)19-10-8-18(9-11-19)26-15-20-14-21(12-13-25(20)38-26)36-16-22-28(33-37-29(22)17(2)3)27-23(31)6-5-7-24(27)32/h5-15,17H,4,16H2,1-3H3. The number of hydrogen-bond donors (Lipinski definition) is 0. The molecule has 38 heavy (non-hydrogen) atoms. The Hall–Kier alpha value is -3.32. The van der Waals surface area contributed by atoms with Gasteiger partial charge in [-0.1, -0.05) is 60.4 Å². The van der Waals surface area contributed by atoms with E-state index in [1.807, 2.05) is 38.1 Å². The van der Waals surface area contributed by atoms with Crippen LogP contribution in [0.1, 0.15) is 48.4 Å². The molecule has 8 heteroatoms. The number of hydrogen-bond acceptors (Lipinski definition) is 6. The van der Waals surface area contributed by atoms with Crippen LogP contribution in [-0.4, -0.2) is 17.7 Å². The summed E-state index contributed by atoms with van der Waals surface area (Å²) in [6.45, 7) is 6.49. The summed E-state index contributed by atoms with van der Waals surface area (Å²) < 4.78 is 18.1. The van der Waals surface area contributed by atoms with Crippen molar-refractivity contribution in [2.75, 3.05) is 6.61 Å². The van der Waals surface area contributed by atoms with Gasteiger partial charge in [0.15, 0.2) is 0 Å². The number of halogens is 2. The zero-order chi connectivity index (χ0) is 26.8. The lowest BCUT2D eigenvalue weighted by atomic mass is 10.0. The van der Waals surface area contributed by atoms with E-state index in [4.69, 9.17) is 37.2 Å². The number of thiophene rings is 1. The Kier molecular flexibility index (Phi) is 7.75. The summed E-state index contributed by atoms with van der Waals surface area (Å²) in [7, 11) is 0. The van der Waals surface area contributed by atoms with Crippen LogP contribution in [0.3, 0.4) is 0 Å². The third-order valence-electron chi connectivity index (χ3n) is 6.09. The van der Waals surface area contributed by atoms with Gasteiger partial charge in [0, 0.05) is 21.1 Å². The van der Waals surface area contributed by atoms with Gasteiger partial charge in [-0.25, -0.2) is 4.79 Å². The van der Waals surface area contributed by atoms with Gasteiger partial charge in [-0.2, -0.15) is 0 Å². The molecule has 0 fully saturated rings. The second kappa shape index (κ2) is 11.2. The van der Waals surface area contributed by atoms with E-state index < -0.39 is 0 Å². The number of rotatable bonds is 8. The summed E-state index contributed by atoms with van der Waals surface area (Å²) in [6.07, 6.45) is 0. The maximum absolute atomic E-state index is 12.0. The highest BCUT2D eigenvalue weighted by Gasteiger charge is 2.24. The van der Waals surface area contributed by atoms with Crippen molar-refractivity contribution in [3.8, 4) is 27.4 Å². The van der Waals surface area contributed by atoms with Crippen LogP contribution in [0, 0.1) is 0 Å². The van der Waals surface area contributed by atoms with Crippen LogP contribution in [0.2, 0.25) is 10.0 Å².